The van der Waals surface area contributed by atoms with Gasteiger partial charge in [0.05, 0.1) is 0 Å². The molecule has 0 radical (unpaired) electrons. The van der Waals surface area contributed by atoms with Gasteiger partial charge in [0.25, 0.3) is 0 Å². The number of hydrogen-bond donors (Lipinski definition) is 2. The van der Waals surface area contributed by atoms with Crippen LogP contribution < -0.4 is 5.32 Å². The Labute approximate surface area is 98.3 Å². The minimum atomic E-state index is -1.08. The molecule has 1 aromatic rings. The second-order valence-corrected chi connectivity index (χ2v) is 4.27. The average Bonchev–Trinajstić information content (AvgIpc) is 3.13. The third-order valence-corrected chi connectivity index (χ3v) is 3.02. The van der Waals surface area contributed by atoms with Crippen LogP contribution in [0.25, 0.3) is 0 Å². The maximum atomic E-state index is 11.3. The first kappa shape index (κ1) is 11.3. The number of aliphatic carboxylic acids is 1. The van der Waals surface area contributed by atoms with E-state index in [-0.39, 0.29) is 17.4 Å². The molecule has 6 heteroatoms. The number of carboxylic acid groups (broad SMARTS) is 1. The molecule has 1 aromatic heterocycles. The molecular weight excluding hydrogens is 220 g/mol. The van der Waals surface area contributed by atoms with Gasteiger partial charge in [0.2, 0.25) is 0 Å². The summed E-state index contributed by atoms with van der Waals surface area (Å²) in [4.78, 5) is 19.1. The zero-order chi connectivity index (χ0) is 12.5. The Bertz CT molecular complexity index is 492. The monoisotopic (exact) mass is 232 g/mol. The van der Waals surface area contributed by atoms with E-state index >= 15 is 0 Å². The highest BCUT2D eigenvalue weighted by Gasteiger charge is 2.48. The molecule has 1 fully saturated rings. The van der Waals surface area contributed by atoms with Crippen molar-refractivity contribution in [3.8, 4) is 6.07 Å². The van der Waals surface area contributed by atoms with E-state index in [0.717, 1.165) is 12.8 Å². The quantitative estimate of drug-likeness (QED) is 0.803. The molecule has 88 valence electrons. The predicted octanol–water partition coefficient (Wildman–Crippen LogP) is 1.01. The molecule has 6 nitrogen and oxygen atoms in total. The largest absolute Gasteiger partial charge is 0.480 e. The summed E-state index contributed by atoms with van der Waals surface area (Å²) in [5, 5.41) is 21.0. The lowest BCUT2D eigenvalue weighted by molar-refractivity contribution is -0.142. The molecule has 1 unspecified atom stereocenters. The third-order valence-electron chi connectivity index (χ3n) is 3.02. The van der Waals surface area contributed by atoms with Gasteiger partial charge >= 0.3 is 5.97 Å². The van der Waals surface area contributed by atoms with Crippen LogP contribution in [-0.2, 0) is 4.79 Å². The molecule has 17 heavy (non-hydrogen) atoms. The van der Waals surface area contributed by atoms with Gasteiger partial charge in [0.1, 0.15) is 11.6 Å². The number of nitriles is 1. The maximum absolute atomic E-state index is 11.3. The lowest BCUT2D eigenvalue weighted by Gasteiger charge is -2.26. The summed E-state index contributed by atoms with van der Waals surface area (Å²) in [6, 6.07) is 1.89. The van der Waals surface area contributed by atoms with Crippen LogP contribution in [0.2, 0.25) is 0 Å². The van der Waals surface area contributed by atoms with Gasteiger partial charge in [-0.15, -0.1) is 0 Å². The molecule has 2 N–H and O–H groups in total. The van der Waals surface area contributed by atoms with Gasteiger partial charge in [-0.05, 0) is 25.7 Å². The molecule has 0 bridgehead atoms. The molecule has 1 aliphatic carbocycles. The van der Waals surface area contributed by atoms with Crippen LogP contribution in [0.15, 0.2) is 12.4 Å². The number of rotatable bonds is 4. The Morgan fingerprint density at radius 2 is 2.24 bits per heavy atom. The lowest BCUT2D eigenvalue weighted by atomic mass is 9.96. The zero-order valence-electron chi connectivity index (χ0n) is 9.34. The van der Waals surface area contributed by atoms with Crippen molar-refractivity contribution in [3.05, 3.63) is 18.1 Å². The summed E-state index contributed by atoms with van der Waals surface area (Å²) in [7, 11) is 0. The average molecular weight is 232 g/mol. The zero-order valence-corrected chi connectivity index (χ0v) is 9.34. The van der Waals surface area contributed by atoms with Crippen molar-refractivity contribution in [1.82, 2.24) is 9.97 Å². The molecule has 1 atom stereocenters. The predicted molar refractivity (Wildman–Crippen MR) is 59.1 cm³/mol. The van der Waals surface area contributed by atoms with E-state index in [4.69, 9.17) is 5.26 Å². The Morgan fingerprint density at radius 1 is 1.59 bits per heavy atom. The number of anilines is 1. The number of nitrogens with zero attached hydrogens (tertiary/aromatic N) is 3. The van der Waals surface area contributed by atoms with Crippen molar-refractivity contribution in [3.63, 3.8) is 0 Å². The fourth-order valence-corrected chi connectivity index (χ4v) is 1.75. The van der Waals surface area contributed by atoms with Crippen molar-refractivity contribution in [2.24, 2.45) is 5.92 Å². The second-order valence-electron chi connectivity index (χ2n) is 4.27. The van der Waals surface area contributed by atoms with Gasteiger partial charge in [0.15, 0.2) is 11.5 Å². The highest BCUT2D eigenvalue weighted by atomic mass is 16.4. The molecule has 0 saturated heterocycles. The normalized spacial score (nSPS) is 17.9. The number of carboxylic acids is 1. The van der Waals surface area contributed by atoms with Gasteiger partial charge in [-0.1, -0.05) is 0 Å². The first-order valence-corrected chi connectivity index (χ1v) is 5.30. The molecular formula is C11H12N4O2. The van der Waals surface area contributed by atoms with E-state index in [1.54, 1.807) is 6.92 Å². The molecule has 0 amide bonds. The second kappa shape index (κ2) is 4.01. The molecule has 1 aliphatic rings. The van der Waals surface area contributed by atoms with E-state index in [1.807, 2.05) is 6.07 Å². The minimum Gasteiger partial charge on any atom is -0.480 e. The Morgan fingerprint density at radius 3 is 2.76 bits per heavy atom. The third kappa shape index (κ3) is 2.04. The van der Waals surface area contributed by atoms with Crippen molar-refractivity contribution >= 4 is 11.8 Å². The van der Waals surface area contributed by atoms with Crippen molar-refractivity contribution < 1.29 is 9.90 Å². The fraction of sp³-hybridized carbons (Fsp3) is 0.455. The molecule has 0 aromatic carbocycles. The number of carbonyl (C=O) groups is 1. The fourth-order valence-electron chi connectivity index (χ4n) is 1.75. The summed E-state index contributed by atoms with van der Waals surface area (Å²) >= 11 is 0. The standard InChI is InChI=1S/C11H12N4O2/c1-11(10(16)17,7-2-3-7)15-9-8(6-12)13-4-5-14-9/h4-5,7H,2-3H2,1H3,(H,14,15)(H,16,17). The van der Waals surface area contributed by atoms with Crippen LogP contribution in [0.3, 0.4) is 0 Å². The van der Waals surface area contributed by atoms with Crippen molar-refractivity contribution in [1.29, 1.82) is 5.26 Å². The molecule has 1 saturated carbocycles. The van der Waals surface area contributed by atoms with Gasteiger partial charge in [-0.2, -0.15) is 5.26 Å². The smallest absolute Gasteiger partial charge is 0.329 e. The number of hydrogen-bond acceptors (Lipinski definition) is 5. The highest BCUT2D eigenvalue weighted by molar-refractivity contribution is 5.83. The van der Waals surface area contributed by atoms with Crippen LogP contribution in [0.1, 0.15) is 25.5 Å². The molecule has 0 spiro atoms. The van der Waals surface area contributed by atoms with E-state index in [1.165, 1.54) is 12.4 Å². The van der Waals surface area contributed by atoms with E-state index in [0.29, 0.717) is 0 Å². The van der Waals surface area contributed by atoms with Crippen molar-refractivity contribution in [2.75, 3.05) is 5.32 Å². The Kier molecular flexibility index (Phi) is 2.68. The molecule has 1 heterocycles. The summed E-state index contributed by atoms with van der Waals surface area (Å²) in [5.74, 6) is -0.630. The van der Waals surface area contributed by atoms with Crippen molar-refractivity contribution in [2.45, 2.75) is 25.3 Å². The van der Waals surface area contributed by atoms with Gasteiger partial charge < -0.3 is 10.4 Å². The summed E-state index contributed by atoms with van der Waals surface area (Å²) < 4.78 is 0. The minimum absolute atomic E-state index is 0.0774. The topological polar surface area (TPSA) is 98.9 Å². The van der Waals surface area contributed by atoms with Gasteiger partial charge in [0, 0.05) is 12.4 Å². The van der Waals surface area contributed by atoms with Gasteiger partial charge in [-0.25, -0.2) is 14.8 Å². The SMILES string of the molecule is CC(Nc1nccnc1C#N)(C(=O)O)C1CC1. The van der Waals surface area contributed by atoms with Crippen LogP contribution in [0, 0.1) is 17.2 Å². The summed E-state index contributed by atoms with van der Waals surface area (Å²) in [5.41, 5.74) is -0.970. The van der Waals surface area contributed by atoms with E-state index in [2.05, 4.69) is 15.3 Å². The first-order valence-electron chi connectivity index (χ1n) is 5.30. The van der Waals surface area contributed by atoms with Crippen LogP contribution in [0.5, 0.6) is 0 Å². The summed E-state index contributed by atoms with van der Waals surface area (Å²) in [6.07, 6.45) is 4.58. The lowest BCUT2D eigenvalue weighted by Crippen LogP contribution is -2.46. The number of aromatic nitrogens is 2. The Balaban J connectivity index is 2.30. The Hall–Kier alpha value is -2.16. The number of nitrogens with one attached hydrogen (secondary N) is 1. The first-order chi connectivity index (χ1) is 8.08. The van der Waals surface area contributed by atoms with E-state index < -0.39 is 11.5 Å². The van der Waals surface area contributed by atoms with Crippen LogP contribution in [0.4, 0.5) is 5.82 Å². The maximum Gasteiger partial charge on any atom is 0.329 e. The highest BCUT2D eigenvalue weighted by Crippen LogP contribution is 2.41. The van der Waals surface area contributed by atoms with E-state index in [9.17, 15) is 9.90 Å². The summed E-state index contributed by atoms with van der Waals surface area (Å²) in [6.45, 7) is 1.61. The molecule has 2 rings (SSSR count). The molecule has 0 aliphatic heterocycles. The van der Waals surface area contributed by atoms with Crippen LogP contribution in [-0.4, -0.2) is 26.6 Å². The van der Waals surface area contributed by atoms with Gasteiger partial charge in [-0.3, -0.25) is 0 Å². The van der Waals surface area contributed by atoms with Crippen LogP contribution >= 0.6 is 0 Å².